The Balaban J connectivity index is 0.892. The maximum atomic E-state index is 6.41. The lowest BCUT2D eigenvalue weighted by Gasteiger charge is -2.31. The first-order valence-corrected chi connectivity index (χ1v) is 26.1. The number of halogens is 2. The number of hydrogen-bond acceptors (Lipinski definition) is 4. The quantitative estimate of drug-likeness (QED) is 0.0357. The molecule has 0 aromatic heterocycles. The van der Waals surface area contributed by atoms with Gasteiger partial charge < -0.3 is 18.8 Å². The predicted octanol–water partition coefficient (Wildman–Crippen LogP) is 12.3. The van der Waals surface area contributed by atoms with Crippen LogP contribution in [0.1, 0.15) is 62.8 Å². The lowest BCUT2D eigenvalue weighted by Crippen LogP contribution is -2.43. The van der Waals surface area contributed by atoms with E-state index in [0.29, 0.717) is 0 Å². The van der Waals surface area contributed by atoms with E-state index in [0.717, 1.165) is 58.0 Å². The molecule has 0 atom stereocenters. The van der Waals surface area contributed by atoms with Crippen LogP contribution in [0.15, 0.2) is 97.1 Å². The minimum absolute atomic E-state index is 0.121. The van der Waals surface area contributed by atoms with Gasteiger partial charge in [-0.2, -0.15) is 9.15 Å². The molecule has 0 saturated heterocycles. The Hall–Kier alpha value is -3.50. The summed E-state index contributed by atoms with van der Waals surface area (Å²) in [6.45, 7) is 15.9. The zero-order valence-electron chi connectivity index (χ0n) is 40.7. The van der Waals surface area contributed by atoms with Gasteiger partial charge in [0.05, 0.1) is 76.7 Å². The second-order valence-electron chi connectivity index (χ2n) is 20.2. The van der Waals surface area contributed by atoms with Crippen LogP contribution in [0.3, 0.4) is 0 Å². The Morgan fingerprint density at radius 3 is 1.31 bits per heavy atom. The van der Waals surface area contributed by atoms with Crippen LogP contribution in [0.2, 0.25) is 10.0 Å². The van der Waals surface area contributed by atoms with Crippen LogP contribution in [-0.2, 0) is 10.8 Å². The molecule has 0 fully saturated rings. The zero-order valence-corrected chi connectivity index (χ0v) is 43.9. The van der Waals surface area contributed by atoms with Crippen molar-refractivity contribution in [3.05, 3.63) is 129 Å². The molecule has 2 aliphatic rings. The predicted molar refractivity (Wildman–Crippen MR) is 286 cm³/mol. The van der Waals surface area contributed by atoms with Gasteiger partial charge in [0.1, 0.15) is 14.1 Å². The van der Waals surface area contributed by atoms with E-state index in [1.54, 1.807) is 0 Å². The van der Waals surface area contributed by atoms with Crippen molar-refractivity contribution in [1.29, 1.82) is 0 Å². The molecule has 0 aliphatic carbocycles. The molecule has 4 aromatic carbocycles. The molecular formula is C54H74Cl2N6S2+4. The van der Waals surface area contributed by atoms with Gasteiger partial charge in [-0.1, -0.05) is 81.2 Å². The lowest BCUT2D eigenvalue weighted by molar-refractivity contribution is -0.887. The lowest BCUT2D eigenvalue weighted by atomic mass is 9.81. The Kier molecular flexibility index (Phi) is 16.4. The average molecular weight is 942 g/mol. The molecule has 0 amide bonds. The number of benzene rings is 4. The highest BCUT2D eigenvalue weighted by molar-refractivity contribution is 8.76. The fourth-order valence-electron chi connectivity index (χ4n) is 9.53. The van der Waals surface area contributed by atoms with Crippen LogP contribution in [0, 0.1) is 0 Å². The van der Waals surface area contributed by atoms with Gasteiger partial charge in [0.25, 0.3) is 0 Å². The first-order chi connectivity index (χ1) is 30.2. The highest BCUT2D eigenvalue weighted by Gasteiger charge is 2.44. The summed E-state index contributed by atoms with van der Waals surface area (Å²) in [7, 11) is 22.4. The third kappa shape index (κ3) is 11.9. The molecule has 4 aromatic rings. The molecule has 6 nitrogen and oxygen atoms in total. The normalized spacial score (nSPS) is 15.8. The second-order valence-corrected chi connectivity index (χ2v) is 23.8. The summed E-state index contributed by atoms with van der Waals surface area (Å²) in [4.78, 5) is 4.85. The van der Waals surface area contributed by atoms with Gasteiger partial charge in [-0.3, -0.25) is 0 Å². The van der Waals surface area contributed by atoms with E-state index >= 15 is 0 Å². The minimum atomic E-state index is -0.121. The SMILES string of the molecule is CN(CCC[N+](C)(C)CCSSCC[N+](C)(C)CCCN(C)c1ccccc1/C=C/C1=[N+](C)c2ccc(Cl)cc2C1(C)C)c1ccccc1/C=C/C1=[N+](C)c2ccc(Cl)cc2C1(C)C. The molecule has 0 radical (unpaired) electrons. The van der Waals surface area contributed by atoms with Crippen LogP contribution in [0.25, 0.3) is 12.2 Å². The maximum absolute atomic E-state index is 6.41. The summed E-state index contributed by atoms with van der Waals surface area (Å²) in [6.07, 6.45) is 11.5. The molecule has 0 N–H and O–H groups in total. The monoisotopic (exact) mass is 940 g/mol. The summed E-state index contributed by atoms with van der Waals surface area (Å²) < 4.78 is 6.69. The first-order valence-electron chi connectivity index (χ1n) is 22.9. The number of nitrogens with zero attached hydrogens (tertiary/aromatic N) is 6. The van der Waals surface area contributed by atoms with E-state index in [4.69, 9.17) is 23.2 Å². The van der Waals surface area contributed by atoms with Crippen molar-refractivity contribution in [3.8, 4) is 0 Å². The molecule has 64 heavy (non-hydrogen) atoms. The maximum Gasteiger partial charge on any atom is 0.209 e. The number of rotatable bonds is 21. The van der Waals surface area contributed by atoms with Crippen LogP contribution >= 0.6 is 44.8 Å². The number of para-hydroxylation sites is 2. The van der Waals surface area contributed by atoms with Gasteiger partial charge in [0.15, 0.2) is 11.4 Å². The molecule has 0 spiro atoms. The first kappa shape index (κ1) is 49.9. The molecule has 0 saturated carbocycles. The Bertz CT molecular complexity index is 2240. The van der Waals surface area contributed by atoms with Crippen LogP contribution < -0.4 is 9.80 Å². The highest BCUT2D eigenvalue weighted by atomic mass is 35.5. The number of anilines is 2. The molecule has 2 heterocycles. The van der Waals surface area contributed by atoms with Crippen molar-refractivity contribution in [2.24, 2.45) is 0 Å². The molecule has 342 valence electrons. The van der Waals surface area contributed by atoms with E-state index in [-0.39, 0.29) is 10.8 Å². The van der Waals surface area contributed by atoms with Crippen molar-refractivity contribution in [1.82, 2.24) is 0 Å². The van der Waals surface area contributed by atoms with Crippen LogP contribution in [0.4, 0.5) is 22.7 Å². The highest BCUT2D eigenvalue weighted by Crippen LogP contribution is 2.42. The minimum Gasteiger partial charge on any atom is -0.374 e. The number of allylic oxidation sites excluding steroid dienone is 2. The topological polar surface area (TPSA) is 12.5 Å². The number of fused-ring (bicyclic) bond motifs is 2. The Labute approximate surface area is 404 Å². The van der Waals surface area contributed by atoms with E-state index in [1.807, 2.05) is 33.7 Å². The van der Waals surface area contributed by atoms with Gasteiger partial charge >= 0.3 is 0 Å². The Morgan fingerprint density at radius 2 is 0.922 bits per heavy atom. The molecular weight excluding hydrogens is 868 g/mol. The van der Waals surface area contributed by atoms with E-state index in [1.165, 1.54) is 81.0 Å². The largest absolute Gasteiger partial charge is 0.374 e. The van der Waals surface area contributed by atoms with Crippen molar-refractivity contribution in [2.75, 3.05) is 117 Å². The average Bonchev–Trinajstić information content (AvgIpc) is 3.55. The van der Waals surface area contributed by atoms with Gasteiger partial charge in [-0.25, -0.2) is 0 Å². The van der Waals surface area contributed by atoms with Gasteiger partial charge in [-0.05, 0) is 87.4 Å². The van der Waals surface area contributed by atoms with E-state index in [2.05, 4.69) is 200 Å². The van der Waals surface area contributed by atoms with Crippen molar-refractivity contribution in [3.63, 3.8) is 0 Å². The standard InChI is InChI=1S/C54H74Cl2N6S2/c1-53(2)45-39-43(55)25-27-49(45)59(7)51(53)29-23-41-19-13-15-21-47(41)57(5)31-17-33-61(9,10)35-37-63-64-38-36-62(11,12)34-18-32-58(6)48-22-16-14-20-42(48)24-30-52-54(3,4)46-40-44(56)26-28-50(46)60(52)8/h13-16,19-30,39-40H,17-18,31-38H2,1-12H3/q+4. The summed E-state index contributed by atoms with van der Waals surface area (Å²) in [5.41, 5.74) is 12.3. The third-order valence-electron chi connectivity index (χ3n) is 13.7. The number of quaternary nitrogens is 2. The molecule has 0 bridgehead atoms. The fourth-order valence-corrected chi connectivity index (χ4v) is 12.4. The van der Waals surface area contributed by atoms with Crippen molar-refractivity contribution in [2.45, 2.75) is 51.4 Å². The number of hydrogen-bond donors (Lipinski definition) is 0. The smallest absolute Gasteiger partial charge is 0.209 e. The summed E-state index contributed by atoms with van der Waals surface area (Å²) in [6, 6.07) is 30.0. The van der Waals surface area contributed by atoms with Crippen LogP contribution in [-0.4, -0.2) is 137 Å². The second kappa shape index (κ2) is 21.0. The summed E-state index contributed by atoms with van der Waals surface area (Å²) >= 11 is 12.8. The van der Waals surface area contributed by atoms with Gasteiger partial charge in [0.2, 0.25) is 11.4 Å². The molecule has 2 aliphatic heterocycles. The molecule has 10 heteroatoms. The zero-order chi connectivity index (χ0) is 46.5. The van der Waals surface area contributed by atoms with Crippen molar-refractivity contribution >= 4 is 91.1 Å². The molecule has 0 unspecified atom stereocenters. The van der Waals surface area contributed by atoms with Gasteiger partial charge in [-0.15, -0.1) is 0 Å². The van der Waals surface area contributed by atoms with E-state index in [9.17, 15) is 0 Å². The summed E-state index contributed by atoms with van der Waals surface area (Å²) in [5.74, 6) is 2.34. The third-order valence-corrected chi connectivity index (χ3v) is 16.5. The van der Waals surface area contributed by atoms with Crippen molar-refractivity contribution < 1.29 is 18.1 Å². The molecule has 6 rings (SSSR count). The van der Waals surface area contributed by atoms with Crippen LogP contribution in [0.5, 0.6) is 0 Å². The van der Waals surface area contributed by atoms with E-state index < -0.39 is 0 Å². The fraction of sp³-hybridized carbons (Fsp3) is 0.444. The van der Waals surface area contributed by atoms with Gasteiger partial charge in [0, 0.05) is 96.9 Å². The Morgan fingerprint density at radius 1 is 0.547 bits per heavy atom. The summed E-state index contributed by atoms with van der Waals surface area (Å²) in [5, 5.41) is 1.58.